The number of fused-ring (bicyclic) bond motifs is 1. The summed E-state index contributed by atoms with van der Waals surface area (Å²) >= 11 is 6.31. The van der Waals surface area contributed by atoms with Crippen LogP contribution in [0.5, 0.6) is 0 Å². The number of hydrogen-bond acceptors (Lipinski definition) is 4. The van der Waals surface area contributed by atoms with E-state index in [9.17, 15) is 15.3 Å². The van der Waals surface area contributed by atoms with Crippen LogP contribution in [0.25, 0.3) is 0 Å². The molecule has 0 aromatic heterocycles. The molecule has 3 N–H and O–H groups in total. The van der Waals surface area contributed by atoms with Crippen LogP contribution in [-0.4, -0.2) is 50.2 Å². The van der Waals surface area contributed by atoms with E-state index in [1.807, 2.05) is 26.0 Å². The zero-order valence-corrected chi connectivity index (χ0v) is 13.8. The predicted octanol–water partition coefficient (Wildman–Crippen LogP) is 1.91. The molecule has 120 valence electrons. The molecule has 1 saturated carbocycles. The molecule has 5 heteroatoms. The Labute approximate surface area is 131 Å². The summed E-state index contributed by atoms with van der Waals surface area (Å²) in [6, 6.07) is 0. The van der Waals surface area contributed by atoms with Crippen molar-refractivity contribution >= 4 is 11.6 Å². The van der Waals surface area contributed by atoms with Gasteiger partial charge in [0.25, 0.3) is 0 Å². The zero-order chi connectivity index (χ0) is 16.0. The Hall–Kier alpha value is -0.390. The average molecular weight is 317 g/mol. The number of hydrogen-bond donors (Lipinski definition) is 3. The van der Waals surface area contributed by atoms with E-state index >= 15 is 0 Å². The summed E-state index contributed by atoms with van der Waals surface area (Å²) in [6.07, 6.45) is 2.48. The third kappa shape index (κ3) is 3.20. The average Bonchev–Trinajstić information content (AvgIpc) is 2.70. The molecule has 2 aliphatic rings. The summed E-state index contributed by atoms with van der Waals surface area (Å²) in [5.41, 5.74) is -0.502. The number of allylic oxidation sites excluding steroid dienone is 3. The number of halogens is 1. The molecule has 5 unspecified atom stereocenters. The molecule has 0 bridgehead atoms. The molecule has 0 spiro atoms. The number of aliphatic hydroxyl groups excluding tert-OH is 1. The fraction of sp³-hybridized carbons (Fsp3) is 0.750. The molecule has 1 aliphatic carbocycles. The molecule has 1 aliphatic heterocycles. The quantitative estimate of drug-likeness (QED) is 0.681. The van der Waals surface area contributed by atoms with E-state index in [1.54, 1.807) is 13.8 Å². The maximum Gasteiger partial charge on any atom is 0.113 e. The Morgan fingerprint density at radius 2 is 2.05 bits per heavy atom. The molecular weight excluding hydrogens is 292 g/mol. The highest BCUT2D eigenvalue weighted by Gasteiger charge is 2.59. The van der Waals surface area contributed by atoms with Crippen molar-refractivity contribution in [2.75, 3.05) is 0 Å². The van der Waals surface area contributed by atoms with Gasteiger partial charge in [0.15, 0.2) is 0 Å². The Balaban J connectivity index is 2.27. The fourth-order valence-electron chi connectivity index (χ4n) is 2.96. The van der Waals surface area contributed by atoms with Crippen LogP contribution < -0.4 is 0 Å². The Morgan fingerprint density at radius 3 is 2.57 bits per heavy atom. The van der Waals surface area contributed by atoms with Gasteiger partial charge in [0.05, 0.1) is 29.3 Å². The van der Waals surface area contributed by atoms with Gasteiger partial charge >= 0.3 is 0 Å². The second-order valence-electron chi connectivity index (χ2n) is 7.00. The lowest BCUT2D eigenvalue weighted by molar-refractivity contribution is -0.108. The van der Waals surface area contributed by atoms with E-state index in [1.165, 1.54) is 0 Å². The van der Waals surface area contributed by atoms with Crippen molar-refractivity contribution in [1.82, 2.24) is 0 Å². The van der Waals surface area contributed by atoms with Crippen LogP contribution in [0.4, 0.5) is 0 Å². The lowest BCUT2D eigenvalue weighted by Crippen LogP contribution is -2.56. The normalized spacial score (nSPS) is 42.0. The molecule has 0 aromatic carbocycles. The van der Waals surface area contributed by atoms with Gasteiger partial charge in [-0.3, -0.25) is 0 Å². The summed E-state index contributed by atoms with van der Waals surface area (Å²) in [6.45, 7) is 7.24. The summed E-state index contributed by atoms with van der Waals surface area (Å²) in [7, 11) is 0. The van der Waals surface area contributed by atoms with Gasteiger partial charge in [-0.2, -0.15) is 0 Å². The maximum absolute atomic E-state index is 10.8. The second kappa shape index (κ2) is 5.67. The lowest BCUT2D eigenvalue weighted by atomic mass is 9.75. The van der Waals surface area contributed by atoms with E-state index in [4.69, 9.17) is 16.3 Å². The Kier molecular flexibility index (Phi) is 4.58. The van der Waals surface area contributed by atoms with Crippen molar-refractivity contribution in [3.63, 3.8) is 0 Å². The van der Waals surface area contributed by atoms with Crippen LogP contribution in [0.2, 0.25) is 0 Å². The van der Waals surface area contributed by atoms with Crippen molar-refractivity contribution in [3.05, 3.63) is 23.3 Å². The van der Waals surface area contributed by atoms with Gasteiger partial charge in [0, 0.05) is 12.8 Å². The topological polar surface area (TPSA) is 69.9 Å². The molecule has 1 heterocycles. The minimum absolute atomic E-state index is 0.225. The SMILES string of the molecule is CC(C)=CC=C1CC2OC(C(C)(C)O)CC2(O)C(Cl)C1O. The Morgan fingerprint density at radius 1 is 1.43 bits per heavy atom. The summed E-state index contributed by atoms with van der Waals surface area (Å²) in [5.74, 6) is 0. The molecule has 2 rings (SSSR count). The summed E-state index contributed by atoms with van der Waals surface area (Å²) in [5, 5.41) is 30.4. The standard InChI is InChI=1S/C16H25ClO4/c1-9(2)5-6-10-7-11-16(20,14(17)13(10)18)8-12(21-11)15(3,4)19/h5-6,11-14,18-20H,7-8H2,1-4H3. The Bertz CT molecular complexity index is 461. The minimum atomic E-state index is -1.31. The number of alkyl halides is 1. The predicted molar refractivity (Wildman–Crippen MR) is 82.3 cm³/mol. The fourth-order valence-corrected chi connectivity index (χ4v) is 3.35. The maximum atomic E-state index is 10.8. The minimum Gasteiger partial charge on any atom is -0.388 e. The van der Waals surface area contributed by atoms with Crippen LogP contribution in [-0.2, 0) is 4.74 Å². The van der Waals surface area contributed by atoms with Crippen molar-refractivity contribution in [2.24, 2.45) is 0 Å². The first kappa shape index (κ1) is 17.0. The zero-order valence-electron chi connectivity index (χ0n) is 13.0. The second-order valence-corrected chi connectivity index (χ2v) is 7.47. The molecule has 1 saturated heterocycles. The molecular formula is C16H25ClO4. The van der Waals surface area contributed by atoms with Crippen LogP contribution in [0.3, 0.4) is 0 Å². The van der Waals surface area contributed by atoms with Crippen molar-refractivity contribution in [3.8, 4) is 0 Å². The van der Waals surface area contributed by atoms with Crippen LogP contribution in [0.15, 0.2) is 23.3 Å². The summed E-state index contributed by atoms with van der Waals surface area (Å²) in [4.78, 5) is 0. The van der Waals surface area contributed by atoms with Crippen LogP contribution in [0, 0.1) is 0 Å². The number of rotatable bonds is 2. The molecule has 2 fully saturated rings. The molecule has 5 atom stereocenters. The first-order valence-electron chi connectivity index (χ1n) is 7.32. The van der Waals surface area contributed by atoms with Gasteiger partial charge in [-0.1, -0.05) is 17.7 Å². The van der Waals surface area contributed by atoms with E-state index < -0.39 is 34.9 Å². The smallest absolute Gasteiger partial charge is 0.113 e. The first-order valence-corrected chi connectivity index (χ1v) is 7.75. The van der Waals surface area contributed by atoms with Gasteiger partial charge in [-0.05, 0) is 33.3 Å². The first-order chi connectivity index (χ1) is 9.55. The molecule has 0 radical (unpaired) electrons. The molecule has 0 amide bonds. The van der Waals surface area contributed by atoms with Crippen molar-refractivity contribution < 1.29 is 20.1 Å². The molecule has 4 nitrogen and oxygen atoms in total. The van der Waals surface area contributed by atoms with Crippen molar-refractivity contribution in [1.29, 1.82) is 0 Å². The van der Waals surface area contributed by atoms with Crippen LogP contribution in [0.1, 0.15) is 40.5 Å². The highest BCUT2D eigenvalue weighted by atomic mass is 35.5. The van der Waals surface area contributed by atoms with E-state index in [0.717, 1.165) is 11.1 Å². The largest absolute Gasteiger partial charge is 0.388 e. The highest BCUT2D eigenvalue weighted by molar-refractivity contribution is 6.22. The number of ether oxygens (including phenoxy) is 1. The van der Waals surface area contributed by atoms with Crippen molar-refractivity contribution in [2.45, 2.75) is 75.4 Å². The van der Waals surface area contributed by atoms with Gasteiger partial charge < -0.3 is 20.1 Å². The summed E-state index contributed by atoms with van der Waals surface area (Å²) < 4.78 is 5.83. The molecule has 0 aromatic rings. The van der Waals surface area contributed by atoms with Crippen LogP contribution >= 0.6 is 11.6 Å². The third-order valence-corrected chi connectivity index (χ3v) is 4.99. The lowest BCUT2D eigenvalue weighted by Gasteiger charge is -2.41. The van der Waals surface area contributed by atoms with Gasteiger partial charge in [0.1, 0.15) is 5.60 Å². The van der Waals surface area contributed by atoms with E-state index in [2.05, 4.69) is 0 Å². The monoisotopic (exact) mass is 316 g/mol. The third-order valence-electron chi connectivity index (χ3n) is 4.37. The van der Waals surface area contributed by atoms with Gasteiger partial charge in [0.2, 0.25) is 0 Å². The van der Waals surface area contributed by atoms with Gasteiger partial charge in [-0.15, -0.1) is 11.6 Å². The number of aliphatic hydroxyl groups is 3. The molecule has 21 heavy (non-hydrogen) atoms. The van der Waals surface area contributed by atoms with E-state index in [0.29, 0.717) is 6.42 Å². The highest BCUT2D eigenvalue weighted by Crippen LogP contribution is 2.47. The van der Waals surface area contributed by atoms with E-state index in [-0.39, 0.29) is 6.42 Å². The van der Waals surface area contributed by atoms with Gasteiger partial charge in [-0.25, -0.2) is 0 Å².